The molecular weight excluding hydrogens is 250 g/mol. The number of rotatable bonds is 2. The molecule has 108 valence electrons. The number of aromatic nitrogens is 2. The molecule has 0 bridgehead atoms. The topological polar surface area (TPSA) is 38.1 Å². The predicted molar refractivity (Wildman–Crippen MR) is 77.2 cm³/mol. The SMILES string of the molecule is CN1CCC(n2nc(C3CC3)c3c2CCCC3=O)CC1. The summed E-state index contributed by atoms with van der Waals surface area (Å²) >= 11 is 0. The Hall–Kier alpha value is -1.16. The molecule has 3 aliphatic rings. The van der Waals surface area contributed by atoms with Gasteiger partial charge < -0.3 is 4.90 Å². The third-order valence-corrected chi connectivity index (χ3v) is 5.13. The summed E-state index contributed by atoms with van der Waals surface area (Å²) in [5.74, 6) is 0.936. The van der Waals surface area contributed by atoms with Crippen LogP contribution in [0.25, 0.3) is 0 Å². The molecule has 1 aromatic rings. The van der Waals surface area contributed by atoms with Crippen molar-refractivity contribution < 1.29 is 4.79 Å². The fourth-order valence-electron chi connectivity index (χ4n) is 3.76. The Bertz CT molecular complexity index is 536. The molecule has 2 fully saturated rings. The fraction of sp³-hybridized carbons (Fsp3) is 0.750. The van der Waals surface area contributed by atoms with Gasteiger partial charge in [-0.25, -0.2) is 0 Å². The van der Waals surface area contributed by atoms with E-state index in [1.165, 1.54) is 31.4 Å². The van der Waals surface area contributed by atoms with Crippen LogP contribution in [0.1, 0.15) is 72.2 Å². The highest BCUT2D eigenvalue weighted by Gasteiger charge is 2.37. The lowest BCUT2D eigenvalue weighted by molar-refractivity contribution is 0.0970. The number of ketones is 1. The highest BCUT2D eigenvalue weighted by molar-refractivity contribution is 5.99. The van der Waals surface area contributed by atoms with Gasteiger partial charge >= 0.3 is 0 Å². The zero-order chi connectivity index (χ0) is 13.7. The average Bonchev–Trinajstić information content (AvgIpc) is 3.22. The van der Waals surface area contributed by atoms with Crippen molar-refractivity contribution in [2.45, 2.75) is 56.9 Å². The smallest absolute Gasteiger partial charge is 0.166 e. The van der Waals surface area contributed by atoms with Crippen LogP contribution < -0.4 is 0 Å². The van der Waals surface area contributed by atoms with Gasteiger partial charge in [0.05, 0.1) is 17.3 Å². The molecule has 1 aliphatic heterocycles. The third-order valence-electron chi connectivity index (χ3n) is 5.13. The van der Waals surface area contributed by atoms with Gasteiger partial charge in [0.25, 0.3) is 0 Å². The van der Waals surface area contributed by atoms with Crippen LogP contribution in [0.3, 0.4) is 0 Å². The summed E-state index contributed by atoms with van der Waals surface area (Å²) in [6.07, 6.45) is 7.58. The molecule has 2 aliphatic carbocycles. The van der Waals surface area contributed by atoms with E-state index in [2.05, 4.69) is 16.6 Å². The molecule has 0 aromatic carbocycles. The number of carbonyl (C=O) groups excluding carboxylic acids is 1. The number of nitrogens with zero attached hydrogens (tertiary/aromatic N) is 3. The summed E-state index contributed by atoms with van der Waals surface area (Å²) in [6, 6.07) is 0.512. The molecule has 0 unspecified atom stereocenters. The maximum atomic E-state index is 12.3. The van der Waals surface area contributed by atoms with Gasteiger partial charge in [0.15, 0.2) is 5.78 Å². The maximum absolute atomic E-state index is 12.3. The molecule has 20 heavy (non-hydrogen) atoms. The quantitative estimate of drug-likeness (QED) is 0.831. The molecule has 4 nitrogen and oxygen atoms in total. The summed E-state index contributed by atoms with van der Waals surface area (Å²) in [4.78, 5) is 14.7. The van der Waals surface area contributed by atoms with Gasteiger partial charge in [0.2, 0.25) is 0 Å². The van der Waals surface area contributed by atoms with Crippen molar-refractivity contribution in [3.05, 3.63) is 17.0 Å². The molecule has 0 radical (unpaired) electrons. The second-order valence-electron chi connectivity index (χ2n) is 6.74. The fourth-order valence-corrected chi connectivity index (χ4v) is 3.76. The minimum Gasteiger partial charge on any atom is -0.306 e. The van der Waals surface area contributed by atoms with Crippen LogP contribution in [0.4, 0.5) is 0 Å². The van der Waals surface area contributed by atoms with E-state index in [1.54, 1.807) is 0 Å². The van der Waals surface area contributed by atoms with E-state index in [-0.39, 0.29) is 0 Å². The average molecular weight is 273 g/mol. The summed E-state index contributed by atoms with van der Waals surface area (Å²) in [5, 5.41) is 4.93. The van der Waals surface area contributed by atoms with Crippen LogP contribution in [0.15, 0.2) is 0 Å². The normalized spacial score (nSPS) is 24.9. The summed E-state index contributed by atoms with van der Waals surface area (Å²) in [7, 11) is 2.19. The summed E-state index contributed by atoms with van der Waals surface area (Å²) in [6.45, 7) is 2.29. The Kier molecular flexibility index (Phi) is 2.95. The molecule has 0 amide bonds. The minimum atomic E-state index is 0.354. The number of hydrogen-bond acceptors (Lipinski definition) is 3. The van der Waals surface area contributed by atoms with Crippen molar-refractivity contribution in [3.8, 4) is 0 Å². The van der Waals surface area contributed by atoms with Crippen LogP contribution in [0.2, 0.25) is 0 Å². The van der Waals surface area contributed by atoms with Crippen molar-refractivity contribution in [1.29, 1.82) is 0 Å². The number of fused-ring (bicyclic) bond motifs is 1. The lowest BCUT2D eigenvalue weighted by Gasteiger charge is -2.30. The second kappa shape index (κ2) is 4.69. The molecule has 1 aromatic heterocycles. The van der Waals surface area contributed by atoms with Gasteiger partial charge in [-0.15, -0.1) is 0 Å². The van der Waals surface area contributed by atoms with Crippen LogP contribution in [-0.4, -0.2) is 40.6 Å². The number of piperidine rings is 1. The van der Waals surface area contributed by atoms with E-state index >= 15 is 0 Å². The Morgan fingerprint density at radius 2 is 1.85 bits per heavy atom. The van der Waals surface area contributed by atoms with Crippen molar-refractivity contribution in [2.75, 3.05) is 20.1 Å². The van der Waals surface area contributed by atoms with E-state index < -0.39 is 0 Å². The molecule has 0 N–H and O–H groups in total. The molecule has 2 heterocycles. The zero-order valence-corrected chi connectivity index (χ0v) is 12.3. The van der Waals surface area contributed by atoms with Crippen molar-refractivity contribution >= 4 is 5.78 Å². The van der Waals surface area contributed by atoms with Gasteiger partial charge in [-0.05, 0) is 58.7 Å². The Balaban J connectivity index is 1.72. The maximum Gasteiger partial charge on any atom is 0.166 e. The number of carbonyl (C=O) groups is 1. The lowest BCUT2D eigenvalue weighted by atomic mass is 9.92. The standard InChI is InChI=1S/C16H23N3O/c1-18-9-7-12(8-10-18)19-13-3-2-4-14(20)15(13)16(17-19)11-5-6-11/h11-12H,2-10H2,1H3. The minimum absolute atomic E-state index is 0.354. The number of Topliss-reactive ketones (excluding diaryl/α,β-unsaturated/α-hetero) is 1. The van der Waals surface area contributed by atoms with Crippen molar-refractivity contribution in [2.24, 2.45) is 0 Å². The predicted octanol–water partition coefficient (Wildman–Crippen LogP) is 2.55. The molecule has 1 saturated carbocycles. The first kappa shape index (κ1) is 12.6. The van der Waals surface area contributed by atoms with Crippen LogP contribution >= 0.6 is 0 Å². The van der Waals surface area contributed by atoms with E-state index in [9.17, 15) is 4.79 Å². The van der Waals surface area contributed by atoms with Gasteiger partial charge in [-0.3, -0.25) is 9.48 Å². The molecular formula is C16H23N3O. The molecule has 0 atom stereocenters. The van der Waals surface area contributed by atoms with Gasteiger partial charge in [0, 0.05) is 18.0 Å². The summed E-state index contributed by atoms with van der Waals surface area (Å²) < 4.78 is 2.26. The lowest BCUT2D eigenvalue weighted by Crippen LogP contribution is -2.32. The first-order chi connectivity index (χ1) is 9.74. The first-order valence-corrected chi connectivity index (χ1v) is 8.07. The van der Waals surface area contributed by atoms with Gasteiger partial charge in [-0.1, -0.05) is 0 Å². The van der Waals surface area contributed by atoms with E-state index in [0.717, 1.165) is 43.6 Å². The molecule has 4 heteroatoms. The van der Waals surface area contributed by atoms with E-state index in [0.29, 0.717) is 17.7 Å². The van der Waals surface area contributed by atoms with Crippen LogP contribution in [-0.2, 0) is 6.42 Å². The Morgan fingerprint density at radius 1 is 1.10 bits per heavy atom. The highest BCUT2D eigenvalue weighted by Crippen LogP contribution is 2.44. The molecule has 0 spiro atoms. The zero-order valence-electron chi connectivity index (χ0n) is 12.3. The Labute approximate surface area is 120 Å². The molecule has 4 rings (SSSR count). The van der Waals surface area contributed by atoms with E-state index in [4.69, 9.17) is 5.10 Å². The summed E-state index contributed by atoms with van der Waals surface area (Å²) in [5.41, 5.74) is 3.43. The van der Waals surface area contributed by atoms with Crippen LogP contribution in [0, 0.1) is 0 Å². The molecule has 1 saturated heterocycles. The van der Waals surface area contributed by atoms with Crippen molar-refractivity contribution in [3.63, 3.8) is 0 Å². The Morgan fingerprint density at radius 3 is 2.55 bits per heavy atom. The monoisotopic (exact) mass is 273 g/mol. The van der Waals surface area contributed by atoms with E-state index in [1.807, 2.05) is 0 Å². The third kappa shape index (κ3) is 2.01. The highest BCUT2D eigenvalue weighted by atomic mass is 16.1. The number of hydrogen-bond donors (Lipinski definition) is 0. The second-order valence-corrected chi connectivity index (χ2v) is 6.74. The van der Waals surface area contributed by atoms with Gasteiger partial charge in [0.1, 0.15) is 0 Å². The first-order valence-electron chi connectivity index (χ1n) is 8.07. The van der Waals surface area contributed by atoms with Crippen molar-refractivity contribution in [1.82, 2.24) is 14.7 Å². The number of likely N-dealkylation sites (tertiary alicyclic amines) is 1. The van der Waals surface area contributed by atoms with Gasteiger partial charge in [-0.2, -0.15) is 5.10 Å². The largest absolute Gasteiger partial charge is 0.306 e. The van der Waals surface area contributed by atoms with Crippen LogP contribution in [0.5, 0.6) is 0 Å².